The Morgan fingerprint density at radius 1 is 1.06 bits per heavy atom. The highest BCUT2D eigenvalue weighted by molar-refractivity contribution is 7.99. The lowest BCUT2D eigenvalue weighted by Crippen LogP contribution is -2.15. The summed E-state index contributed by atoms with van der Waals surface area (Å²) in [4.78, 5) is 12.4. The number of hydrogen-bond acceptors (Lipinski definition) is 5. The summed E-state index contributed by atoms with van der Waals surface area (Å²) in [5.41, 5.74) is 3.00. The van der Waals surface area contributed by atoms with Crippen LogP contribution >= 0.6 is 11.8 Å². The van der Waals surface area contributed by atoms with E-state index in [9.17, 15) is 9.18 Å². The van der Waals surface area contributed by atoms with Crippen molar-refractivity contribution in [3.05, 3.63) is 84.2 Å². The molecule has 0 bridgehead atoms. The van der Waals surface area contributed by atoms with Gasteiger partial charge in [-0.3, -0.25) is 9.36 Å². The lowest BCUT2D eigenvalue weighted by atomic mass is 10.1. The molecule has 8 heteroatoms. The number of aromatic nitrogens is 3. The summed E-state index contributed by atoms with van der Waals surface area (Å²) in [5, 5.41) is 11.9. The largest absolute Gasteiger partial charge is 0.497 e. The van der Waals surface area contributed by atoms with E-state index in [4.69, 9.17) is 4.74 Å². The molecule has 0 aliphatic heterocycles. The first-order valence-corrected chi connectivity index (χ1v) is 10.9. The van der Waals surface area contributed by atoms with Gasteiger partial charge in [-0.25, -0.2) is 4.39 Å². The fourth-order valence-electron chi connectivity index (χ4n) is 3.18. The average molecular weight is 449 g/mol. The number of carbonyl (C=O) groups excluding carboxylic acids is 1. The Kier molecular flexibility index (Phi) is 6.51. The van der Waals surface area contributed by atoms with Crippen LogP contribution in [0.4, 0.5) is 10.1 Å². The minimum Gasteiger partial charge on any atom is -0.497 e. The van der Waals surface area contributed by atoms with E-state index in [1.807, 2.05) is 60.0 Å². The first-order valence-electron chi connectivity index (χ1n) is 9.89. The average Bonchev–Trinajstić information content (AvgIpc) is 3.23. The van der Waals surface area contributed by atoms with Crippen LogP contribution in [0.2, 0.25) is 0 Å². The number of benzene rings is 3. The Hall–Kier alpha value is -3.65. The van der Waals surface area contributed by atoms with Crippen molar-refractivity contribution >= 4 is 23.4 Å². The maximum Gasteiger partial charge on any atom is 0.234 e. The molecule has 4 rings (SSSR count). The summed E-state index contributed by atoms with van der Waals surface area (Å²) in [5.74, 6) is 0.639. The van der Waals surface area contributed by atoms with Crippen molar-refractivity contribution in [2.24, 2.45) is 0 Å². The molecular formula is C24H21FN4O2S. The predicted octanol–water partition coefficient (Wildman–Crippen LogP) is 5.12. The van der Waals surface area contributed by atoms with E-state index in [1.165, 1.54) is 23.9 Å². The normalized spacial score (nSPS) is 10.7. The molecule has 162 valence electrons. The van der Waals surface area contributed by atoms with E-state index in [0.29, 0.717) is 11.0 Å². The number of amides is 1. The van der Waals surface area contributed by atoms with Crippen molar-refractivity contribution in [2.75, 3.05) is 18.2 Å². The smallest absolute Gasteiger partial charge is 0.234 e. The second kappa shape index (κ2) is 9.65. The van der Waals surface area contributed by atoms with E-state index in [2.05, 4.69) is 15.5 Å². The zero-order chi connectivity index (χ0) is 22.5. The molecule has 0 radical (unpaired) electrons. The summed E-state index contributed by atoms with van der Waals surface area (Å²) in [6, 6.07) is 21.6. The van der Waals surface area contributed by atoms with Crippen LogP contribution in [-0.2, 0) is 4.79 Å². The summed E-state index contributed by atoms with van der Waals surface area (Å²) in [6.07, 6.45) is 0. The zero-order valence-electron chi connectivity index (χ0n) is 17.6. The van der Waals surface area contributed by atoms with Crippen molar-refractivity contribution in [2.45, 2.75) is 12.1 Å². The van der Waals surface area contributed by atoms with Gasteiger partial charge in [-0.15, -0.1) is 10.2 Å². The monoisotopic (exact) mass is 448 g/mol. The third-order valence-corrected chi connectivity index (χ3v) is 5.65. The van der Waals surface area contributed by atoms with E-state index in [1.54, 1.807) is 19.2 Å². The Balaban J connectivity index is 1.62. The highest BCUT2D eigenvalue weighted by Crippen LogP contribution is 2.29. The van der Waals surface area contributed by atoms with Crippen molar-refractivity contribution in [1.29, 1.82) is 0 Å². The van der Waals surface area contributed by atoms with Crippen LogP contribution in [0.3, 0.4) is 0 Å². The van der Waals surface area contributed by atoms with Crippen LogP contribution in [0.5, 0.6) is 5.75 Å². The number of nitrogens with zero attached hydrogens (tertiary/aromatic N) is 3. The van der Waals surface area contributed by atoms with E-state index in [-0.39, 0.29) is 17.3 Å². The molecule has 1 heterocycles. The summed E-state index contributed by atoms with van der Waals surface area (Å²) in [7, 11) is 1.61. The molecule has 6 nitrogen and oxygen atoms in total. The molecule has 0 aliphatic rings. The van der Waals surface area contributed by atoms with E-state index in [0.717, 1.165) is 22.6 Å². The minimum absolute atomic E-state index is 0.0520. The van der Waals surface area contributed by atoms with Crippen LogP contribution in [0.25, 0.3) is 17.1 Å². The first-order chi connectivity index (χ1) is 15.5. The molecule has 4 aromatic rings. The lowest BCUT2D eigenvalue weighted by Gasteiger charge is -2.12. The van der Waals surface area contributed by atoms with Gasteiger partial charge >= 0.3 is 0 Å². The van der Waals surface area contributed by atoms with Gasteiger partial charge in [0.1, 0.15) is 11.6 Å². The van der Waals surface area contributed by atoms with Crippen LogP contribution in [0.15, 0.2) is 78.0 Å². The Morgan fingerprint density at radius 2 is 1.84 bits per heavy atom. The SMILES string of the molecule is COc1ccc(-n2c(SCC(=O)Nc3ccccc3F)nnc2-c2cccc(C)c2)cc1. The second-order valence-electron chi connectivity index (χ2n) is 7.03. The molecule has 3 aromatic carbocycles. The quantitative estimate of drug-likeness (QED) is 0.398. The van der Waals surface area contributed by atoms with Gasteiger partial charge < -0.3 is 10.1 Å². The van der Waals surface area contributed by atoms with E-state index < -0.39 is 5.82 Å². The van der Waals surface area contributed by atoms with Gasteiger partial charge in [-0.05, 0) is 49.4 Å². The number of aryl methyl sites for hydroxylation is 1. The number of nitrogens with one attached hydrogen (secondary N) is 1. The van der Waals surface area contributed by atoms with E-state index >= 15 is 0 Å². The Labute approximate surface area is 189 Å². The second-order valence-corrected chi connectivity index (χ2v) is 7.97. The van der Waals surface area contributed by atoms with Gasteiger partial charge in [0, 0.05) is 11.3 Å². The molecule has 0 unspecified atom stereocenters. The lowest BCUT2D eigenvalue weighted by molar-refractivity contribution is -0.113. The third kappa shape index (κ3) is 4.81. The molecule has 0 saturated heterocycles. The number of para-hydroxylation sites is 1. The molecule has 0 spiro atoms. The predicted molar refractivity (Wildman–Crippen MR) is 124 cm³/mol. The molecular weight excluding hydrogens is 427 g/mol. The minimum atomic E-state index is -0.478. The number of ether oxygens (including phenoxy) is 1. The summed E-state index contributed by atoms with van der Waals surface area (Å²) in [6.45, 7) is 2.01. The van der Waals surface area contributed by atoms with Crippen molar-refractivity contribution < 1.29 is 13.9 Å². The highest BCUT2D eigenvalue weighted by atomic mass is 32.2. The number of carbonyl (C=O) groups is 1. The van der Waals surface area contributed by atoms with Crippen molar-refractivity contribution in [1.82, 2.24) is 14.8 Å². The van der Waals surface area contributed by atoms with Gasteiger partial charge in [0.15, 0.2) is 11.0 Å². The molecule has 0 fully saturated rings. The topological polar surface area (TPSA) is 69.0 Å². The first kappa shape index (κ1) is 21.6. The fraction of sp³-hybridized carbons (Fsp3) is 0.125. The fourth-order valence-corrected chi connectivity index (χ4v) is 3.93. The standard InChI is InChI=1S/C24H21FN4O2S/c1-16-6-5-7-17(14-16)23-27-28-24(29(23)18-10-12-19(31-2)13-11-18)32-15-22(30)26-21-9-4-3-8-20(21)25/h3-14H,15H2,1-2H3,(H,26,30). The van der Waals surface area contributed by atoms with Gasteiger partial charge in [0.25, 0.3) is 0 Å². The Morgan fingerprint density at radius 3 is 2.56 bits per heavy atom. The maximum atomic E-state index is 13.8. The summed E-state index contributed by atoms with van der Waals surface area (Å²) < 4.78 is 21.0. The van der Waals surface area contributed by atoms with Gasteiger partial charge in [-0.2, -0.15) is 0 Å². The molecule has 1 amide bonds. The molecule has 0 atom stereocenters. The number of halogens is 1. The molecule has 0 saturated carbocycles. The van der Waals surface area contributed by atoms with Crippen LogP contribution in [0, 0.1) is 12.7 Å². The highest BCUT2D eigenvalue weighted by Gasteiger charge is 2.18. The number of rotatable bonds is 7. The van der Waals surface area contributed by atoms with Crippen LogP contribution in [0.1, 0.15) is 5.56 Å². The molecule has 1 N–H and O–H groups in total. The molecule has 32 heavy (non-hydrogen) atoms. The van der Waals surface area contributed by atoms with Gasteiger partial charge in [-0.1, -0.05) is 47.7 Å². The third-order valence-electron chi connectivity index (χ3n) is 4.72. The summed E-state index contributed by atoms with van der Waals surface area (Å²) >= 11 is 1.23. The van der Waals surface area contributed by atoms with Crippen LogP contribution < -0.4 is 10.1 Å². The van der Waals surface area contributed by atoms with Gasteiger partial charge in [0.2, 0.25) is 5.91 Å². The van der Waals surface area contributed by atoms with Crippen LogP contribution in [-0.4, -0.2) is 33.5 Å². The number of thioether (sulfide) groups is 1. The van der Waals surface area contributed by atoms with Gasteiger partial charge in [0.05, 0.1) is 18.6 Å². The molecule has 1 aromatic heterocycles. The maximum absolute atomic E-state index is 13.8. The number of anilines is 1. The van der Waals surface area contributed by atoms with Crippen molar-refractivity contribution in [3.8, 4) is 22.8 Å². The number of hydrogen-bond donors (Lipinski definition) is 1. The van der Waals surface area contributed by atoms with Crippen molar-refractivity contribution in [3.63, 3.8) is 0 Å². The zero-order valence-corrected chi connectivity index (χ0v) is 18.4. The Bertz CT molecular complexity index is 1240. The number of methoxy groups -OCH3 is 1. The molecule has 0 aliphatic carbocycles.